The largest absolute Gasteiger partial charge is 0.497 e. The van der Waals surface area contributed by atoms with Crippen LogP contribution in [0.4, 0.5) is 5.69 Å². The fourth-order valence-electron chi connectivity index (χ4n) is 3.94. The van der Waals surface area contributed by atoms with E-state index in [2.05, 4.69) is 10.2 Å². The maximum absolute atomic E-state index is 13.4. The number of methoxy groups -OCH3 is 1. The van der Waals surface area contributed by atoms with E-state index < -0.39 is 5.41 Å². The van der Waals surface area contributed by atoms with E-state index >= 15 is 0 Å². The highest BCUT2D eigenvalue weighted by Crippen LogP contribution is 2.41. The zero-order valence-electron chi connectivity index (χ0n) is 17.7. The number of nitrogens with zero attached hydrogens (tertiary/aromatic N) is 1. The summed E-state index contributed by atoms with van der Waals surface area (Å²) in [6.45, 7) is 1.50. The Kier molecular flexibility index (Phi) is 7.15. The third-order valence-electron chi connectivity index (χ3n) is 5.70. The molecule has 5 nitrogen and oxygen atoms in total. The number of hydrogen-bond acceptors (Lipinski definition) is 4. The number of ether oxygens (including phenoxy) is 2. The van der Waals surface area contributed by atoms with Crippen LogP contribution >= 0.6 is 0 Å². The summed E-state index contributed by atoms with van der Waals surface area (Å²) in [4.78, 5) is 15.5. The molecule has 1 fully saturated rings. The normalized spacial score (nSPS) is 15.7. The maximum Gasteiger partial charge on any atom is 0.235 e. The highest BCUT2D eigenvalue weighted by atomic mass is 16.5. The summed E-state index contributed by atoms with van der Waals surface area (Å²) in [6, 6.07) is 15.6. The summed E-state index contributed by atoms with van der Waals surface area (Å²) in [5.74, 6) is 1.70. The van der Waals surface area contributed by atoms with Crippen molar-refractivity contribution in [3.05, 3.63) is 54.1 Å². The second-order valence-corrected chi connectivity index (χ2v) is 8.00. The van der Waals surface area contributed by atoms with Gasteiger partial charge in [-0.1, -0.05) is 31.4 Å². The first kappa shape index (κ1) is 21.2. The average molecular weight is 397 g/mol. The first-order valence-corrected chi connectivity index (χ1v) is 10.4. The molecule has 0 radical (unpaired) electrons. The van der Waals surface area contributed by atoms with Crippen LogP contribution in [0.3, 0.4) is 0 Å². The molecule has 0 atom stereocenters. The molecule has 2 aromatic carbocycles. The molecule has 0 spiro atoms. The summed E-state index contributed by atoms with van der Waals surface area (Å²) in [6.07, 6.45) is 5.06. The minimum Gasteiger partial charge on any atom is -0.497 e. The lowest BCUT2D eigenvalue weighted by Gasteiger charge is -2.36. The Bertz CT molecular complexity index is 779. The fraction of sp³-hybridized carbons (Fsp3) is 0.458. The van der Waals surface area contributed by atoms with Crippen LogP contribution in [-0.4, -0.2) is 45.2 Å². The Balaban J connectivity index is 1.71. The summed E-state index contributed by atoms with van der Waals surface area (Å²) in [5.41, 5.74) is 1.39. The summed E-state index contributed by atoms with van der Waals surface area (Å²) >= 11 is 0. The molecule has 156 valence electrons. The van der Waals surface area contributed by atoms with Crippen LogP contribution in [0.1, 0.15) is 37.7 Å². The number of benzene rings is 2. The van der Waals surface area contributed by atoms with E-state index in [0.29, 0.717) is 6.61 Å². The number of anilines is 1. The zero-order chi connectivity index (χ0) is 20.7. The smallest absolute Gasteiger partial charge is 0.235 e. The van der Waals surface area contributed by atoms with Crippen LogP contribution in [0.5, 0.6) is 11.5 Å². The van der Waals surface area contributed by atoms with Crippen LogP contribution in [0, 0.1) is 0 Å². The molecular weight excluding hydrogens is 364 g/mol. The van der Waals surface area contributed by atoms with Crippen LogP contribution in [0.25, 0.3) is 0 Å². The SMILES string of the molecule is COc1ccc(C2(C(=O)Nc3ccc(OCCN(C)C)cc3)CCCCC2)cc1. The molecule has 1 aliphatic rings. The Hall–Kier alpha value is -2.53. The first-order valence-electron chi connectivity index (χ1n) is 10.4. The Morgan fingerprint density at radius 3 is 2.17 bits per heavy atom. The lowest BCUT2D eigenvalue weighted by Crippen LogP contribution is -2.42. The molecular formula is C24H32N2O3. The number of nitrogens with one attached hydrogen (secondary N) is 1. The molecule has 0 heterocycles. The van der Waals surface area contributed by atoms with Gasteiger partial charge in [-0.2, -0.15) is 0 Å². The van der Waals surface area contributed by atoms with Crippen LogP contribution < -0.4 is 14.8 Å². The molecule has 3 rings (SSSR count). The molecule has 0 unspecified atom stereocenters. The van der Waals surface area contributed by atoms with Crippen molar-refractivity contribution in [2.75, 3.05) is 39.7 Å². The number of amides is 1. The first-order chi connectivity index (χ1) is 14.0. The van der Waals surface area contributed by atoms with Gasteiger partial charge in [0.05, 0.1) is 12.5 Å². The molecule has 5 heteroatoms. The van der Waals surface area contributed by atoms with Crippen molar-refractivity contribution in [3.63, 3.8) is 0 Å². The van der Waals surface area contributed by atoms with Gasteiger partial charge in [0.25, 0.3) is 0 Å². The summed E-state index contributed by atoms with van der Waals surface area (Å²) < 4.78 is 11.0. The highest BCUT2D eigenvalue weighted by Gasteiger charge is 2.41. The standard InChI is InChI=1S/C24H32N2O3/c1-26(2)17-18-29-22-13-9-20(10-14-22)25-23(27)24(15-5-4-6-16-24)19-7-11-21(28-3)12-8-19/h7-14H,4-6,15-18H2,1-3H3,(H,25,27). The third kappa shape index (κ3) is 5.30. The number of rotatable bonds is 8. The van der Waals surface area contributed by atoms with Gasteiger partial charge in [-0.3, -0.25) is 4.79 Å². The van der Waals surface area contributed by atoms with Crippen molar-refractivity contribution < 1.29 is 14.3 Å². The quantitative estimate of drug-likeness (QED) is 0.715. The van der Waals surface area contributed by atoms with E-state index in [1.807, 2.05) is 62.6 Å². The third-order valence-corrected chi connectivity index (χ3v) is 5.70. The van der Waals surface area contributed by atoms with Gasteiger partial charge in [0.15, 0.2) is 0 Å². The van der Waals surface area contributed by atoms with Gasteiger partial charge in [0.2, 0.25) is 5.91 Å². The molecule has 1 N–H and O–H groups in total. The van der Waals surface area contributed by atoms with Gasteiger partial charge < -0.3 is 19.7 Å². The van der Waals surface area contributed by atoms with E-state index in [0.717, 1.165) is 55.0 Å². The van der Waals surface area contributed by atoms with Crippen molar-refractivity contribution in [2.24, 2.45) is 0 Å². The second-order valence-electron chi connectivity index (χ2n) is 8.00. The highest BCUT2D eigenvalue weighted by molar-refractivity contribution is 5.99. The van der Waals surface area contributed by atoms with E-state index in [4.69, 9.17) is 9.47 Å². The van der Waals surface area contributed by atoms with E-state index in [9.17, 15) is 4.79 Å². The second kappa shape index (κ2) is 9.79. The van der Waals surface area contributed by atoms with Crippen LogP contribution in [0.15, 0.2) is 48.5 Å². The predicted molar refractivity (Wildman–Crippen MR) is 117 cm³/mol. The van der Waals surface area contributed by atoms with Gasteiger partial charge in [-0.05, 0) is 68.9 Å². The zero-order valence-corrected chi connectivity index (χ0v) is 17.7. The lowest BCUT2D eigenvalue weighted by atomic mass is 9.68. The maximum atomic E-state index is 13.4. The Morgan fingerprint density at radius 1 is 0.966 bits per heavy atom. The van der Waals surface area contributed by atoms with Crippen molar-refractivity contribution in [1.82, 2.24) is 4.90 Å². The number of carbonyl (C=O) groups excluding carboxylic acids is 1. The summed E-state index contributed by atoms with van der Waals surface area (Å²) in [7, 11) is 5.70. The average Bonchev–Trinajstić information content (AvgIpc) is 2.75. The van der Waals surface area contributed by atoms with Gasteiger partial charge in [-0.25, -0.2) is 0 Å². The minimum absolute atomic E-state index is 0.0728. The monoisotopic (exact) mass is 396 g/mol. The molecule has 2 aromatic rings. The van der Waals surface area contributed by atoms with Crippen molar-refractivity contribution in [2.45, 2.75) is 37.5 Å². The van der Waals surface area contributed by atoms with Gasteiger partial charge >= 0.3 is 0 Å². The Morgan fingerprint density at radius 2 is 1.59 bits per heavy atom. The van der Waals surface area contributed by atoms with Crippen molar-refractivity contribution >= 4 is 11.6 Å². The van der Waals surface area contributed by atoms with E-state index in [1.165, 1.54) is 6.42 Å². The topological polar surface area (TPSA) is 50.8 Å². The van der Waals surface area contributed by atoms with Gasteiger partial charge in [0, 0.05) is 12.2 Å². The van der Waals surface area contributed by atoms with E-state index in [-0.39, 0.29) is 5.91 Å². The van der Waals surface area contributed by atoms with Crippen LogP contribution in [0.2, 0.25) is 0 Å². The molecule has 29 heavy (non-hydrogen) atoms. The summed E-state index contributed by atoms with van der Waals surface area (Å²) in [5, 5.41) is 3.15. The molecule has 1 amide bonds. The molecule has 0 saturated heterocycles. The number of likely N-dealkylation sites (N-methyl/N-ethyl adjacent to an activating group) is 1. The molecule has 1 aliphatic carbocycles. The molecule has 1 saturated carbocycles. The van der Waals surface area contributed by atoms with Crippen molar-refractivity contribution in [3.8, 4) is 11.5 Å². The van der Waals surface area contributed by atoms with Crippen LogP contribution in [-0.2, 0) is 10.2 Å². The number of hydrogen-bond donors (Lipinski definition) is 1. The van der Waals surface area contributed by atoms with Gasteiger partial charge in [-0.15, -0.1) is 0 Å². The molecule has 0 aliphatic heterocycles. The molecule has 0 bridgehead atoms. The predicted octanol–water partition coefficient (Wildman–Crippen LogP) is 4.48. The van der Waals surface area contributed by atoms with Crippen molar-refractivity contribution in [1.29, 1.82) is 0 Å². The van der Waals surface area contributed by atoms with Gasteiger partial charge in [0.1, 0.15) is 18.1 Å². The lowest BCUT2D eigenvalue weighted by molar-refractivity contribution is -0.122. The minimum atomic E-state index is -0.481. The van der Waals surface area contributed by atoms with E-state index in [1.54, 1.807) is 7.11 Å². The molecule has 0 aromatic heterocycles. The number of carbonyl (C=O) groups is 1. The fourth-order valence-corrected chi connectivity index (χ4v) is 3.94. The Labute approximate surface area is 174 Å².